The largest absolute Gasteiger partial charge is 0.493 e. The predicted octanol–water partition coefficient (Wildman–Crippen LogP) is 1.10. The molecule has 152 valence electrons. The third kappa shape index (κ3) is 7.01. The van der Waals surface area contributed by atoms with Crippen molar-refractivity contribution in [2.45, 2.75) is 32.9 Å². The average molecular weight is 380 g/mol. The molecule has 1 fully saturated rings. The Morgan fingerprint density at radius 1 is 1.26 bits per heavy atom. The van der Waals surface area contributed by atoms with E-state index in [0.29, 0.717) is 31.0 Å². The number of hydrogen-bond acceptors (Lipinski definition) is 6. The van der Waals surface area contributed by atoms with Gasteiger partial charge in [-0.05, 0) is 30.8 Å². The minimum atomic E-state index is -0.555. The average Bonchev–Trinajstić information content (AvgIpc) is 2.88. The second kappa shape index (κ2) is 11.1. The fourth-order valence-corrected chi connectivity index (χ4v) is 3.18. The first kappa shape index (κ1) is 21.5. The normalized spacial score (nSPS) is 16.7. The van der Waals surface area contributed by atoms with Crippen molar-refractivity contribution < 1.29 is 19.4 Å². The van der Waals surface area contributed by atoms with Crippen LogP contribution in [0.2, 0.25) is 0 Å². The van der Waals surface area contributed by atoms with Gasteiger partial charge >= 0.3 is 0 Å². The highest BCUT2D eigenvalue weighted by molar-refractivity contribution is 5.76. The number of ether oxygens (including phenoxy) is 2. The van der Waals surface area contributed by atoms with E-state index in [4.69, 9.17) is 9.47 Å². The topological polar surface area (TPSA) is 74.3 Å². The number of nitrogens with zero attached hydrogens (tertiary/aromatic N) is 2. The minimum absolute atomic E-state index is 0.110. The maximum Gasteiger partial charge on any atom is 0.221 e. The van der Waals surface area contributed by atoms with Crippen LogP contribution in [0.15, 0.2) is 18.2 Å². The number of carbonyl (C=O) groups excluding carboxylic acids is 1. The molecule has 1 unspecified atom stereocenters. The van der Waals surface area contributed by atoms with Crippen LogP contribution in [-0.2, 0) is 11.3 Å². The molecule has 7 heteroatoms. The van der Waals surface area contributed by atoms with Crippen LogP contribution in [0, 0.1) is 0 Å². The van der Waals surface area contributed by atoms with Crippen LogP contribution in [0.5, 0.6) is 11.5 Å². The zero-order chi connectivity index (χ0) is 19.6. The maximum absolute atomic E-state index is 11.5. The Bertz CT molecular complexity index is 593. The Morgan fingerprint density at radius 3 is 2.74 bits per heavy atom. The van der Waals surface area contributed by atoms with Crippen LogP contribution in [0.25, 0.3) is 0 Å². The highest BCUT2D eigenvalue weighted by Gasteiger charge is 2.16. The molecule has 1 aromatic carbocycles. The molecular weight excluding hydrogens is 346 g/mol. The quantitative estimate of drug-likeness (QED) is 0.634. The number of aliphatic hydroxyl groups excluding tert-OH is 1. The fraction of sp³-hybridized carbons (Fsp3) is 0.650. The summed E-state index contributed by atoms with van der Waals surface area (Å²) in [4.78, 5) is 15.9. The van der Waals surface area contributed by atoms with Crippen LogP contribution in [0.4, 0.5) is 0 Å². The Kier molecular flexibility index (Phi) is 8.84. The number of amides is 1. The summed E-state index contributed by atoms with van der Waals surface area (Å²) in [7, 11) is 1.61. The smallest absolute Gasteiger partial charge is 0.221 e. The van der Waals surface area contributed by atoms with Crippen molar-refractivity contribution in [3.05, 3.63) is 23.8 Å². The first-order valence-electron chi connectivity index (χ1n) is 9.74. The van der Waals surface area contributed by atoms with Crippen molar-refractivity contribution in [3.8, 4) is 11.5 Å². The van der Waals surface area contributed by atoms with Crippen molar-refractivity contribution in [2.24, 2.45) is 0 Å². The number of rotatable bonds is 10. The minimum Gasteiger partial charge on any atom is -0.493 e. The lowest BCUT2D eigenvalue weighted by molar-refractivity contribution is -0.120. The van der Waals surface area contributed by atoms with Crippen molar-refractivity contribution >= 4 is 5.91 Å². The summed E-state index contributed by atoms with van der Waals surface area (Å²) < 4.78 is 11.3. The van der Waals surface area contributed by atoms with Crippen LogP contribution < -0.4 is 14.8 Å². The Labute approximate surface area is 162 Å². The molecule has 1 aliphatic rings. The van der Waals surface area contributed by atoms with Gasteiger partial charge in [-0.15, -0.1) is 0 Å². The van der Waals surface area contributed by atoms with E-state index in [1.807, 2.05) is 18.2 Å². The Morgan fingerprint density at radius 2 is 2.04 bits per heavy atom. The molecular formula is C20H33N3O4. The molecule has 2 rings (SSSR count). The molecule has 0 radical (unpaired) electrons. The van der Waals surface area contributed by atoms with Gasteiger partial charge in [-0.1, -0.05) is 19.9 Å². The van der Waals surface area contributed by atoms with E-state index < -0.39 is 6.10 Å². The van der Waals surface area contributed by atoms with Crippen molar-refractivity contribution in [2.75, 3.05) is 53.0 Å². The molecule has 0 bridgehead atoms. The molecule has 0 spiro atoms. The lowest BCUT2D eigenvalue weighted by Gasteiger charge is -2.23. The van der Waals surface area contributed by atoms with Crippen molar-refractivity contribution in [1.82, 2.24) is 15.1 Å². The standard InChI is InChI=1S/C20H33N3O4/c1-4-22(5-2)14-17(24)15-27-19-12-16(6-7-18(19)26-3)13-23-10-8-20(25)21-9-11-23/h6-7,12,17,24H,4-5,8-11,13-15H2,1-3H3,(H,21,25). The van der Waals surface area contributed by atoms with Gasteiger partial charge < -0.3 is 24.8 Å². The third-order valence-electron chi connectivity index (χ3n) is 4.83. The summed E-state index contributed by atoms with van der Waals surface area (Å²) in [6.45, 7) is 9.77. The molecule has 0 aliphatic carbocycles. The summed E-state index contributed by atoms with van der Waals surface area (Å²) >= 11 is 0. The van der Waals surface area contributed by atoms with Crippen LogP contribution in [0.1, 0.15) is 25.8 Å². The predicted molar refractivity (Wildman–Crippen MR) is 105 cm³/mol. The molecule has 1 aromatic rings. The molecule has 1 amide bonds. The second-order valence-corrected chi connectivity index (χ2v) is 6.81. The number of benzene rings is 1. The van der Waals surface area contributed by atoms with E-state index in [9.17, 15) is 9.90 Å². The Hall–Kier alpha value is -1.83. The molecule has 0 saturated carbocycles. The first-order chi connectivity index (χ1) is 13.0. The van der Waals surface area contributed by atoms with Gasteiger partial charge in [0.25, 0.3) is 0 Å². The fourth-order valence-electron chi connectivity index (χ4n) is 3.18. The van der Waals surface area contributed by atoms with Gasteiger partial charge in [-0.3, -0.25) is 9.69 Å². The number of hydrogen-bond donors (Lipinski definition) is 2. The van der Waals surface area contributed by atoms with Crippen molar-refractivity contribution in [3.63, 3.8) is 0 Å². The lowest BCUT2D eigenvalue weighted by Crippen LogP contribution is -2.35. The van der Waals surface area contributed by atoms with Crippen LogP contribution >= 0.6 is 0 Å². The number of carbonyl (C=O) groups is 1. The molecule has 1 saturated heterocycles. The molecule has 7 nitrogen and oxygen atoms in total. The van der Waals surface area contributed by atoms with E-state index in [2.05, 4.69) is 29.0 Å². The lowest BCUT2D eigenvalue weighted by atomic mass is 10.2. The van der Waals surface area contributed by atoms with Gasteiger partial charge in [-0.25, -0.2) is 0 Å². The van der Waals surface area contributed by atoms with Gasteiger partial charge in [-0.2, -0.15) is 0 Å². The summed E-state index contributed by atoms with van der Waals surface area (Å²) in [5.41, 5.74) is 1.10. The number of methoxy groups -OCH3 is 1. The van der Waals surface area contributed by atoms with Gasteiger partial charge in [0.1, 0.15) is 12.7 Å². The van der Waals surface area contributed by atoms with E-state index >= 15 is 0 Å². The van der Waals surface area contributed by atoms with E-state index in [-0.39, 0.29) is 12.5 Å². The van der Waals surface area contributed by atoms with Gasteiger partial charge in [0, 0.05) is 39.1 Å². The molecule has 27 heavy (non-hydrogen) atoms. The van der Waals surface area contributed by atoms with E-state index in [0.717, 1.165) is 38.3 Å². The number of likely N-dealkylation sites (N-methyl/N-ethyl adjacent to an activating group) is 1. The molecule has 1 atom stereocenters. The summed E-state index contributed by atoms with van der Waals surface area (Å²) in [6.07, 6.45) is -0.0298. The summed E-state index contributed by atoms with van der Waals surface area (Å²) in [5.74, 6) is 1.40. The molecule has 0 aromatic heterocycles. The van der Waals surface area contributed by atoms with E-state index in [1.165, 1.54) is 0 Å². The second-order valence-electron chi connectivity index (χ2n) is 6.81. The highest BCUT2D eigenvalue weighted by Crippen LogP contribution is 2.29. The maximum atomic E-state index is 11.5. The van der Waals surface area contributed by atoms with Gasteiger partial charge in [0.05, 0.1) is 7.11 Å². The highest BCUT2D eigenvalue weighted by atomic mass is 16.5. The monoisotopic (exact) mass is 379 g/mol. The van der Waals surface area contributed by atoms with Gasteiger partial charge in [0.15, 0.2) is 11.5 Å². The zero-order valence-corrected chi connectivity index (χ0v) is 16.7. The number of aliphatic hydroxyl groups is 1. The van der Waals surface area contributed by atoms with E-state index in [1.54, 1.807) is 7.11 Å². The first-order valence-corrected chi connectivity index (χ1v) is 9.74. The third-order valence-corrected chi connectivity index (χ3v) is 4.83. The van der Waals surface area contributed by atoms with Crippen LogP contribution in [-0.4, -0.2) is 79.9 Å². The Balaban J connectivity index is 1.96. The summed E-state index contributed by atoms with van der Waals surface area (Å²) in [5, 5.41) is 13.1. The van der Waals surface area contributed by atoms with Crippen molar-refractivity contribution in [1.29, 1.82) is 0 Å². The SMILES string of the molecule is CCN(CC)CC(O)COc1cc(CN2CCNC(=O)CC2)ccc1OC. The molecule has 1 heterocycles. The number of nitrogens with one attached hydrogen (secondary N) is 1. The summed E-state index contributed by atoms with van der Waals surface area (Å²) in [6, 6.07) is 5.87. The van der Waals surface area contributed by atoms with Crippen LogP contribution in [0.3, 0.4) is 0 Å². The molecule has 2 N–H and O–H groups in total. The zero-order valence-electron chi connectivity index (χ0n) is 16.7. The van der Waals surface area contributed by atoms with Gasteiger partial charge in [0.2, 0.25) is 5.91 Å². The molecule has 1 aliphatic heterocycles.